The van der Waals surface area contributed by atoms with Gasteiger partial charge in [-0.15, -0.1) is 0 Å². The molecule has 0 radical (unpaired) electrons. The highest BCUT2D eigenvalue weighted by molar-refractivity contribution is 5.76. The average Bonchev–Trinajstić information content (AvgIpc) is 3.16. The number of nitrogens with zero attached hydrogens (tertiary/aromatic N) is 4. The van der Waals surface area contributed by atoms with Crippen molar-refractivity contribution in [2.45, 2.75) is 13.0 Å². The molecule has 2 aromatic carbocycles. The first-order chi connectivity index (χ1) is 14.3. The van der Waals surface area contributed by atoms with Gasteiger partial charge in [-0.2, -0.15) is 5.10 Å². The molecule has 1 aromatic heterocycles. The fourth-order valence-electron chi connectivity index (χ4n) is 3.52. The van der Waals surface area contributed by atoms with Gasteiger partial charge in [0.15, 0.2) is 0 Å². The summed E-state index contributed by atoms with van der Waals surface area (Å²) in [6, 6.07) is 19.8. The minimum atomic E-state index is 0.198. The lowest BCUT2D eigenvalue weighted by Crippen LogP contribution is -2.36. The van der Waals surface area contributed by atoms with Crippen LogP contribution in [0.3, 0.4) is 0 Å². The van der Waals surface area contributed by atoms with Gasteiger partial charge in [0, 0.05) is 44.4 Å². The van der Waals surface area contributed by atoms with Crippen molar-refractivity contribution in [3.8, 4) is 11.4 Å². The molecule has 1 fully saturated rings. The van der Waals surface area contributed by atoms with Gasteiger partial charge in [0.25, 0.3) is 0 Å². The minimum Gasteiger partial charge on any atom is -0.492 e. The van der Waals surface area contributed by atoms with E-state index in [4.69, 9.17) is 4.74 Å². The summed E-state index contributed by atoms with van der Waals surface area (Å²) in [7, 11) is 0. The largest absolute Gasteiger partial charge is 0.492 e. The molecule has 29 heavy (non-hydrogen) atoms. The number of benzene rings is 2. The molecule has 0 bridgehead atoms. The van der Waals surface area contributed by atoms with Crippen LogP contribution in [0, 0.1) is 0 Å². The zero-order chi connectivity index (χ0) is 19.9. The fraction of sp³-hybridized carbons (Fsp3) is 0.304. The molecule has 3 aromatic rings. The molecule has 0 N–H and O–H groups in total. The quantitative estimate of drug-likeness (QED) is 0.622. The summed E-state index contributed by atoms with van der Waals surface area (Å²) in [5.74, 6) is 1.04. The fourth-order valence-corrected chi connectivity index (χ4v) is 3.52. The van der Waals surface area contributed by atoms with Gasteiger partial charge in [0.1, 0.15) is 12.4 Å². The van der Waals surface area contributed by atoms with Crippen LogP contribution < -0.4 is 4.74 Å². The first kappa shape index (κ1) is 19.2. The summed E-state index contributed by atoms with van der Waals surface area (Å²) >= 11 is 0. The molecule has 0 spiro atoms. The Labute approximate surface area is 171 Å². The molecule has 4 rings (SSSR count). The van der Waals surface area contributed by atoms with Crippen LogP contribution in [0.4, 0.5) is 0 Å². The second kappa shape index (κ2) is 9.39. The summed E-state index contributed by atoms with van der Waals surface area (Å²) in [4.78, 5) is 16.7. The third-order valence-corrected chi connectivity index (χ3v) is 5.12. The van der Waals surface area contributed by atoms with E-state index in [1.807, 2.05) is 76.4 Å². The van der Waals surface area contributed by atoms with E-state index in [1.165, 1.54) is 0 Å². The Morgan fingerprint density at radius 3 is 2.48 bits per heavy atom. The molecule has 1 saturated heterocycles. The zero-order valence-corrected chi connectivity index (χ0v) is 16.5. The van der Waals surface area contributed by atoms with Gasteiger partial charge < -0.3 is 9.64 Å². The number of para-hydroxylation sites is 2. The summed E-state index contributed by atoms with van der Waals surface area (Å²) in [5.41, 5.74) is 2.21. The Bertz CT molecular complexity index is 911. The lowest BCUT2D eigenvalue weighted by atomic mass is 10.3. The molecule has 0 aliphatic carbocycles. The van der Waals surface area contributed by atoms with E-state index in [9.17, 15) is 4.79 Å². The van der Waals surface area contributed by atoms with Crippen LogP contribution in [-0.2, 0) is 11.3 Å². The maximum Gasteiger partial charge on any atom is 0.224 e. The predicted octanol–water partition coefficient (Wildman–Crippen LogP) is 2.99. The molecule has 6 heteroatoms. The monoisotopic (exact) mass is 390 g/mol. The minimum absolute atomic E-state index is 0.198. The van der Waals surface area contributed by atoms with Crippen LogP contribution in [0.25, 0.3) is 5.69 Å². The van der Waals surface area contributed by atoms with Crippen LogP contribution in [0.1, 0.15) is 12.0 Å². The highest BCUT2D eigenvalue weighted by Crippen LogP contribution is 2.13. The van der Waals surface area contributed by atoms with E-state index < -0.39 is 0 Å². The molecule has 6 nitrogen and oxygen atoms in total. The van der Waals surface area contributed by atoms with E-state index in [1.54, 1.807) is 0 Å². The van der Waals surface area contributed by atoms with Crippen molar-refractivity contribution >= 4 is 5.91 Å². The molecule has 0 saturated carbocycles. The number of carbonyl (C=O) groups excluding carboxylic acids is 1. The lowest BCUT2D eigenvalue weighted by Gasteiger charge is -2.22. The molecule has 150 valence electrons. The number of aromatic nitrogens is 2. The number of hydrogen-bond donors (Lipinski definition) is 0. The van der Waals surface area contributed by atoms with Crippen molar-refractivity contribution in [3.05, 3.63) is 78.6 Å². The summed E-state index contributed by atoms with van der Waals surface area (Å²) in [5, 5.41) is 4.47. The zero-order valence-electron chi connectivity index (χ0n) is 16.5. The first-order valence-corrected chi connectivity index (χ1v) is 10.0. The van der Waals surface area contributed by atoms with Crippen LogP contribution in [0.5, 0.6) is 5.75 Å². The lowest BCUT2D eigenvalue weighted by molar-refractivity contribution is -0.130. The van der Waals surface area contributed by atoms with E-state index >= 15 is 0 Å². The SMILES string of the molecule is O=C1CCN(Cc2cnn(-c3ccccc3)c2)CCN1CCOc1ccccc1. The number of ether oxygens (including phenoxy) is 1. The van der Waals surface area contributed by atoms with Crippen LogP contribution in [-0.4, -0.2) is 58.3 Å². The van der Waals surface area contributed by atoms with Crippen molar-refractivity contribution in [2.75, 3.05) is 32.8 Å². The number of carbonyl (C=O) groups is 1. The second-order valence-electron chi connectivity index (χ2n) is 7.20. The van der Waals surface area contributed by atoms with E-state index in [0.717, 1.165) is 43.2 Å². The smallest absolute Gasteiger partial charge is 0.224 e. The van der Waals surface area contributed by atoms with E-state index in [0.29, 0.717) is 19.6 Å². The third kappa shape index (κ3) is 5.23. The van der Waals surface area contributed by atoms with Gasteiger partial charge in [-0.3, -0.25) is 9.69 Å². The standard InChI is InChI=1S/C23H26N4O2/c28-23-11-12-25(13-14-26(23)15-16-29-22-9-5-2-6-10-22)18-20-17-24-27(19-20)21-7-3-1-4-8-21/h1-10,17,19H,11-16,18H2. The molecule has 2 heterocycles. The van der Waals surface area contributed by atoms with Gasteiger partial charge >= 0.3 is 0 Å². The Balaban J connectivity index is 1.28. The van der Waals surface area contributed by atoms with E-state index in [2.05, 4.69) is 16.2 Å². The van der Waals surface area contributed by atoms with Gasteiger partial charge in [-0.1, -0.05) is 36.4 Å². The highest BCUT2D eigenvalue weighted by atomic mass is 16.5. The Morgan fingerprint density at radius 2 is 1.69 bits per heavy atom. The number of hydrogen-bond acceptors (Lipinski definition) is 4. The number of rotatable bonds is 7. The molecule has 1 aliphatic rings. The first-order valence-electron chi connectivity index (χ1n) is 10.0. The summed E-state index contributed by atoms with van der Waals surface area (Å²) in [6.45, 7) is 4.28. The Kier molecular flexibility index (Phi) is 6.22. The topological polar surface area (TPSA) is 50.6 Å². The van der Waals surface area contributed by atoms with Gasteiger partial charge in [-0.25, -0.2) is 4.68 Å². The van der Waals surface area contributed by atoms with Crippen LogP contribution in [0.2, 0.25) is 0 Å². The average molecular weight is 390 g/mol. The second-order valence-corrected chi connectivity index (χ2v) is 7.20. The molecule has 1 amide bonds. The third-order valence-electron chi connectivity index (χ3n) is 5.12. The van der Waals surface area contributed by atoms with Crippen molar-refractivity contribution in [1.82, 2.24) is 19.6 Å². The molecular weight excluding hydrogens is 364 g/mol. The Hall–Kier alpha value is -3.12. The summed E-state index contributed by atoms with van der Waals surface area (Å²) < 4.78 is 7.64. The van der Waals surface area contributed by atoms with Crippen molar-refractivity contribution in [2.24, 2.45) is 0 Å². The van der Waals surface area contributed by atoms with Gasteiger partial charge in [-0.05, 0) is 24.3 Å². The molecular formula is C23H26N4O2. The molecule has 0 unspecified atom stereocenters. The van der Waals surface area contributed by atoms with Gasteiger partial charge in [0.05, 0.1) is 18.4 Å². The predicted molar refractivity (Wildman–Crippen MR) is 112 cm³/mol. The normalized spacial score (nSPS) is 15.3. The maximum atomic E-state index is 12.5. The van der Waals surface area contributed by atoms with Crippen molar-refractivity contribution < 1.29 is 9.53 Å². The van der Waals surface area contributed by atoms with Crippen LogP contribution in [0.15, 0.2) is 73.1 Å². The van der Waals surface area contributed by atoms with E-state index in [-0.39, 0.29) is 5.91 Å². The molecule has 1 aliphatic heterocycles. The summed E-state index contributed by atoms with van der Waals surface area (Å²) in [6.07, 6.45) is 4.51. The number of amides is 1. The van der Waals surface area contributed by atoms with Crippen molar-refractivity contribution in [1.29, 1.82) is 0 Å². The van der Waals surface area contributed by atoms with Crippen molar-refractivity contribution in [3.63, 3.8) is 0 Å². The Morgan fingerprint density at radius 1 is 0.931 bits per heavy atom. The van der Waals surface area contributed by atoms with Crippen LogP contribution >= 0.6 is 0 Å². The van der Waals surface area contributed by atoms with Gasteiger partial charge in [0.2, 0.25) is 5.91 Å². The maximum absolute atomic E-state index is 12.5. The molecule has 0 atom stereocenters. The highest BCUT2D eigenvalue weighted by Gasteiger charge is 2.21.